The van der Waals surface area contributed by atoms with Crippen molar-refractivity contribution in [2.45, 2.75) is 13.8 Å². The molecule has 0 aliphatic heterocycles. The van der Waals surface area contributed by atoms with E-state index in [0.717, 1.165) is 32.1 Å². The largest absolute Gasteiger partial charge is 0.383 e. The third-order valence-corrected chi connectivity index (χ3v) is 3.33. The fourth-order valence-electron chi connectivity index (χ4n) is 2.17. The molecule has 22 heavy (non-hydrogen) atoms. The molecule has 1 rings (SSSR count). The number of hydrogen-bond donors (Lipinski definition) is 2. The van der Waals surface area contributed by atoms with Gasteiger partial charge in [-0.25, -0.2) is 0 Å². The van der Waals surface area contributed by atoms with Gasteiger partial charge in [0.15, 0.2) is 5.96 Å². The fraction of sp³-hybridized carbons (Fsp3) is 0.562. The number of para-hydroxylation sites is 1. The van der Waals surface area contributed by atoms with Crippen molar-refractivity contribution in [1.29, 1.82) is 0 Å². The normalized spacial score (nSPS) is 10.8. The summed E-state index contributed by atoms with van der Waals surface area (Å²) < 4.78 is 5.01. The molecular formula is C16H29IN4O. The number of guanidine groups is 1. The fourth-order valence-corrected chi connectivity index (χ4v) is 2.17. The Bertz CT molecular complexity index is 440. The Labute approximate surface area is 151 Å². The van der Waals surface area contributed by atoms with E-state index in [2.05, 4.69) is 58.6 Å². The number of nitrogens with one attached hydrogen (secondary N) is 2. The highest BCUT2D eigenvalue weighted by Gasteiger charge is 2.06. The summed E-state index contributed by atoms with van der Waals surface area (Å²) in [4.78, 5) is 6.56. The lowest BCUT2D eigenvalue weighted by Crippen LogP contribution is -2.42. The molecule has 1 aromatic rings. The minimum absolute atomic E-state index is 0. The van der Waals surface area contributed by atoms with Crippen LogP contribution in [0.5, 0.6) is 0 Å². The first-order chi connectivity index (χ1) is 10.2. The van der Waals surface area contributed by atoms with Crippen molar-refractivity contribution in [3.63, 3.8) is 0 Å². The van der Waals surface area contributed by atoms with Crippen LogP contribution in [0.4, 0.5) is 5.69 Å². The molecule has 0 saturated carbocycles. The van der Waals surface area contributed by atoms with Crippen LogP contribution in [0, 0.1) is 6.92 Å². The molecule has 0 radical (unpaired) electrons. The zero-order chi connectivity index (χ0) is 15.5. The van der Waals surface area contributed by atoms with Crippen molar-refractivity contribution in [2.75, 3.05) is 51.8 Å². The maximum Gasteiger partial charge on any atom is 0.191 e. The van der Waals surface area contributed by atoms with Crippen LogP contribution in [-0.2, 0) is 4.74 Å². The van der Waals surface area contributed by atoms with Gasteiger partial charge in [0.1, 0.15) is 0 Å². The van der Waals surface area contributed by atoms with Crippen LogP contribution in [0.2, 0.25) is 0 Å². The summed E-state index contributed by atoms with van der Waals surface area (Å²) in [6.07, 6.45) is 0. The Morgan fingerprint density at radius 3 is 2.50 bits per heavy atom. The number of methoxy groups -OCH3 is 1. The van der Waals surface area contributed by atoms with Crippen LogP contribution < -0.4 is 15.5 Å². The first kappa shape index (κ1) is 21.0. The predicted molar refractivity (Wildman–Crippen MR) is 106 cm³/mol. The Kier molecular flexibility index (Phi) is 11.9. The average Bonchev–Trinajstić information content (AvgIpc) is 2.51. The lowest BCUT2D eigenvalue weighted by Gasteiger charge is -2.25. The summed E-state index contributed by atoms with van der Waals surface area (Å²) >= 11 is 0. The van der Waals surface area contributed by atoms with Crippen LogP contribution in [-0.4, -0.2) is 52.9 Å². The van der Waals surface area contributed by atoms with Gasteiger partial charge in [-0.3, -0.25) is 4.99 Å². The third-order valence-electron chi connectivity index (χ3n) is 3.33. The molecule has 0 unspecified atom stereocenters. The highest BCUT2D eigenvalue weighted by atomic mass is 127. The van der Waals surface area contributed by atoms with E-state index in [9.17, 15) is 0 Å². The number of aliphatic imine (C=N–C) groups is 1. The second kappa shape index (κ2) is 12.5. The van der Waals surface area contributed by atoms with Crippen LogP contribution in [0.1, 0.15) is 12.5 Å². The summed E-state index contributed by atoms with van der Waals surface area (Å²) in [5, 5.41) is 6.53. The van der Waals surface area contributed by atoms with Gasteiger partial charge in [0.2, 0.25) is 0 Å². The van der Waals surface area contributed by atoms with Gasteiger partial charge < -0.3 is 20.3 Å². The minimum Gasteiger partial charge on any atom is -0.383 e. The second-order valence-corrected chi connectivity index (χ2v) is 4.78. The van der Waals surface area contributed by atoms with Crippen LogP contribution in [0.25, 0.3) is 0 Å². The molecule has 0 fully saturated rings. The monoisotopic (exact) mass is 420 g/mol. The Hall–Kier alpha value is -1.02. The SMILES string of the molecule is CCN(CCNC(=NC)NCCOC)c1ccccc1C.I. The summed E-state index contributed by atoms with van der Waals surface area (Å²) in [6.45, 7) is 8.52. The van der Waals surface area contributed by atoms with Crippen molar-refractivity contribution >= 4 is 35.6 Å². The van der Waals surface area contributed by atoms with Gasteiger partial charge in [0.25, 0.3) is 0 Å². The van der Waals surface area contributed by atoms with Crippen molar-refractivity contribution in [3.05, 3.63) is 29.8 Å². The summed E-state index contributed by atoms with van der Waals surface area (Å²) in [5.41, 5.74) is 2.60. The number of benzene rings is 1. The van der Waals surface area contributed by atoms with E-state index in [0.29, 0.717) is 6.61 Å². The van der Waals surface area contributed by atoms with Crippen molar-refractivity contribution in [2.24, 2.45) is 4.99 Å². The molecule has 0 aliphatic rings. The molecule has 0 spiro atoms. The van der Waals surface area contributed by atoms with Crippen molar-refractivity contribution in [1.82, 2.24) is 10.6 Å². The zero-order valence-electron chi connectivity index (χ0n) is 14.1. The highest BCUT2D eigenvalue weighted by molar-refractivity contribution is 14.0. The van der Waals surface area contributed by atoms with Crippen LogP contribution in [0.3, 0.4) is 0 Å². The summed E-state index contributed by atoms with van der Waals surface area (Å²) in [7, 11) is 3.47. The number of ether oxygens (including phenoxy) is 1. The number of halogens is 1. The zero-order valence-corrected chi connectivity index (χ0v) is 16.4. The van der Waals surface area contributed by atoms with Crippen molar-refractivity contribution in [3.8, 4) is 0 Å². The van der Waals surface area contributed by atoms with E-state index in [4.69, 9.17) is 4.74 Å². The first-order valence-electron chi connectivity index (χ1n) is 7.47. The van der Waals surface area contributed by atoms with Crippen LogP contribution in [0.15, 0.2) is 29.3 Å². The van der Waals surface area contributed by atoms with Gasteiger partial charge in [-0.05, 0) is 25.5 Å². The van der Waals surface area contributed by atoms with Gasteiger partial charge in [-0.1, -0.05) is 18.2 Å². The third kappa shape index (κ3) is 7.31. The van der Waals surface area contributed by atoms with Crippen molar-refractivity contribution < 1.29 is 4.74 Å². The molecular weight excluding hydrogens is 391 g/mol. The topological polar surface area (TPSA) is 48.9 Å². The van der Waals surface area contributed by atoms with E-state index < -0.39 is 0 Å². The van der Waals surface area contributed by atoms with Gasteiger partial charge in [0, 0.05) is 46.0 Å². The molecule has 2 N–H and O–H groups in total. The molecule has 1 aromatic carbocycles. The molecule has 0 heterocycles. The minimum atomic E-state index is 0. The molecule has 0 aromatic heterocycles. The molecule has 0 saturated heterocycles. The van der Waals surface area contributed by atoms with E-state index in [-0.39, 0.29) is 24.0 Å². The molecule has 0 atom stereocenters. The molecule has 0 aliphatic carbocycles. The smallest absolute Gasteiger partial charge is 0.191 e. The first-order valence-corrected chi connectivity index (χ1v) is 7.47. The standard InChI is InChI=1S/C16H28N4O.HI/c1-5-20(15-9-7-6-8-14(15)2)12-10-18-16(17-3)19-11-13-21-4;/h6-9H,5,10-13H2,1-4H3,(H2,17,18,19);1H. The number of aryl methyl sites for hydroxylation is 1. The quantitative estimate of drug-likeness (QED) is 0.293. The van der Waals surface area contributed by atoms with Gasteiger partial charge in [-0.15, -0.1) is 24.0 Å². The predicted octanol–water partition coefficient (Wildman–Crippen LogP) is 2.25. The lowest BCUT2D eigenvalue weighted by molar-refractivity contribution is 0.203. The van der Waals surface area contributed by atoms with E-state index in [1.54, 1.807) is 14.2 Å². The molecule has 5 nitrogen and oxygen atoms in total. The molecule has 6 heteroatoms. The molecule has 0 bridgehead atoms. The Morgan fingerprint density at radius 1 is 1.23 bits per heavy atom. The maximum atomic E-state index is 5.01. The Morgan fingerprint density at radius 2 is 1.91 bits per heavy atom. The Balaban J connectivity index is 0.00000441. The summed E-state index contributed by atoms with van der Waals surface area (Å²) in [6, 6.07) is 8.48. The van der Waals surface area contributed by atoms with E-state index in [1.165, 1.54) is 11.3 Å². The average molecular weight is 420 g/mol. The lowest BCUT2D eigenvalue weighted by atomic mass is 10.2. The number of nitrogens with zero attached hydrogens (tertiary/aromatic N) is 2. The van der Waals surface area contributed by atoms with Gasteiger partial charge in [-0.2, -0.15) is 0 Å². The second-order valence-electron chi connectivity index (χ2n) is 4.78. The number of likely N-dealkylation sites (N-methyl/N-ethyl adjacent to an activating group) is 1. The van der Waals surface area contributed by atoms with Gasteiger partial charge in [0.05, 0.1) is 6.61 Å². The van der Waals surface area contributed by atoms with E-state index in [1.807, 2.05) is 0 Å². The number of hydrogen-bond acceptors (Lipinski definition) is 3. The molecule has 0 amide bonds. The van der Waals surface area contributed by atoms with E-state index >= 15 is 0 Å². The highest BCUT2D eigenvalue weighted by Crippen LogP contribution is 2.18. The summed E-state index contributed by atoms with van der Waals surface area (Å²) in [5.74, 6) is 0.813. The maximum absolute atomic E-state index is 5.01. The van der Waals surface area contributed by atoms with Crippen LogP contribution >= 0.6 is 24.0 Å². The molecule has 126 valence electrons. The number of anilines is 1. The number of rotatable bonds is 8. The van der Waals surface area contributed by atoms with Gasteiger partial charge >= 0.3 is 0 Å².